The quantitative estimate of drug-likeness (QED) is 0.805. The van der Waals surface area contributed by atoms with Crippen LogP contribution in [-0.2, 0) is 12.5 Å². The molecule has 0 aliphatic rings. The molecular formula is C18H21N5O. The van der Waals surface area contributed by atoms with Crippen LogP contribution in [0.15, 0.2) is 48.8 Å². The molecule has 6 heteroatoms. The van der Waals surface area contributed by atoms with Crippen molar-refractivity contribution in [1.29, 1.82) is 0 Å². The molecule has 0 aliphatic carbocycles. The third-order valence-electron chi connectivity index (χ3n) is 3.77. The maximum absolute atomic E-state index is 12.5. The summed E-state index contributed by atoms with van der Waals surface area (Å²) in [7, 11) is 1.78. The number of rotatable bonds is 3. The van der Waals surface area contributed by atoms with Crippen LogP contribution in [0.2, 0.25) is 0 Å². The number of amides is 1. The fourth-order valence-corrected chi connectivity index (χ4v) is 2.36. The summed E-state index contributed by atoms with van der Waals surface area (Å²) in [5, 5.41) is 11.5. The van der Waals surface area contributed by atoms with E-state index >= 15 is 0 Å². The van der Waals surface area contributed by atoms with Gasteiger partial charge in [-0.1, -0.05) is 20.8 Å². The summed E-state index contributed by atoms with van der Waals surface area (Å²) in [6.45, 7) is 6.22. The van der Waals surface area contributed by atoms with Crippen molar-refractivity contribution < 1.29 is 4.79 Å². The van der Waals surface area contributed by atoms with Gasteiger partial charge in [0.1, 0.15) is 5.69 Å². The summed E-state index contributed by atoms with van der Waals surface area (Å²) in [4.78, 5) is 12.5. The first-order chi connectivity index (χ1) is 11.3. The normalized spacial score (nSPS) is 11.5. The van der Waals surface area contributed by atoms with Crippen molar-refractivity contribution in [1.82, 2.24) is 19.6 Å². The molecule has 0 atom stereocenters. The summed E-state index contributed by atoms with van der Waals surface area (Å²) < 4.78 is 3.39. The number of carbonyl (C=O) groups is 1. The number of anilines is 1. The SMILES string of the molecule is Cn1nc(C(C)(C)C)cc1C(=O)Nc1ccc(-n2cccn2)cc1. The highest BCUT2D eigenvalue weighted by molar-refractivity contribution is 6.03. The molecule has 0 radical (unpaired) electrons. The van der Waals surface area contributed by atoms with Crippen LogP contribution in [0.25, 0.3) is 5.69 Å². The Morgan fingerprint density at radius 3 is 2.42 bits per heavy atom. The van der Waals surface area contributed by atoms with Crippen LogP contribution in [0.1, 0.15) is 37.0 Å². The molecule has 0 fully saturated rings. The van der Waals surface area contributed by atoms with Gasteiger partial charge < -0.3 is 5.32 Å². The Kier molecular flexibility index (Phi) is 3.97. The molecule has 124 valence electrons. The lowest BCUT2D eigenvalue weighted by molar-refractivity contribution is 0.101. The average Bonchev–Trinajstić information content (AvgIpc) is 3.16. The van der Waals surface area contributed by atoms with Gasteiger partial charge in [-0.05, 0) is 36.4 Å². The van der Waals surface area contributed by atoms with Crippen LogP contribution >= 0.6 is 0 Å². The monoisotopic (exact) mass is 323 g/mol. The van der Waals surface area contributed by atoms with E-state index in [4.69, 9.17) is 0 Å². The van der Waals surface area contributed by atoms with Gasteiger partial charge in [0.15, 0.2) is 0 Å². The van der Waals surface area contributed by atoms with Gasteiger partial charge in [-0.15, -0.1) is 0 Å². The molecule has 0 bridgehead atoms. The first kappa shape index (κ1) is 16.0. The predicted octanol–water partition coefficient (Wildman–Crippen LogP) is 3.16. The number of benzene rings is 1. The molecule has 1 N–H and O–H groups in total. The van der Waals surface area contributed by atoms with Crippen molar-refractivity contribution >= 4 is 11.6 Å². The van der Waals surface area contributed by atoms with Crippen molar-refractivity contribution in [2.45, 2.75) is 26.2 Å². The highest BCUT2D eigenvalue weighted by Crippen LogP contribution is 2.22. The molecule has 0 saturated carbocycles. The van der Waals surface area contributed by atoms with E-state index in [2.05, 4.69) is 36.3 Å². The number of hydrogen-bond donors (Lipinski definition) is 1. The van der Waals surface area contributed by atoms with E-state index < -0.39 is 0 Å². The van der Waals surface area contributed by atoms with E-state index in [0.717, 1.165) is 17.1 Å². The summed E-state index contributed by atoms with van der Waals surface area (Å²) in [6, 6.07) is 11.2. The van der Waals surface area contributed by atoms with E-state index in [1.165, 1.54) is 0 Å². The van der Waals surface area contributed by atoms with Gasteiger partial charge in [-0.25, -0.2) is 4.68 Å². The van der Waals surface area contributed by atoms with Crippen molar-refractivity contribution in [3.05, 3.63) is 60.2 Å². The third-order valence-corrected chi connectivity index (χ3v) is 3.77. The number of aromatic nitrogens is 4. The first-order valence-electron chi connectivity index (χ1n) is 7.80. The number of hydrogen-bond acceptors (Lipinski definition) is 3. The lowest BCUT2D eigenvalue weighted by atomic mass is 9.92. The van der Waals surface area contributed by atoms with E-state index in [-0.39, 0.29) is 11.3 Å². The summed E-state index contributed by atoms with van der Waals surface area (Å²) >= 11 is 0. The van der Waals surface area contributed by atoms with Crippen LogP contribution in [0, 0.1) is 0 Å². The number of nitrogens with zero attached hydrogens (tertiary/aromatic N) is 4. The molecule has 0 aliphatic heterocycles. The Morgan fingerprint density at radius 1 is 1.17 bits per heavy atom. The molecule has 1 amide bonds. The Hall–Kier alpha value is -2.89. The molecule has 0 unspecified atom stereocenters. The fourth-order valence-electron chi connectivity index (χ4n) is 2.36. The Morgan fingerprint density at radius 2 is 1.88 bits per heavy atom. The topological polar surface area (TPSA) is 64.7 Å². The number of aryl methyl sites for hydroxylation is 1. The smallest absolute Gasteiger partial charge is 0.273 e. The number of carbonyl (C=O) groups excluding carboxylic acids is 1. The zero-order valence-electron chi connectivity index (χ0n) is 14.3. The second-order valence-corrected chi connectivity index (χ2v) is 6.74. The molecule has 1 aromatic carbocycles. The van der Waals surface area contributed by atoms with Crippen LogP contribution in [0.4, 0.5) is 5.69 Å². The Labute approximate surface area is 141 Å². The first-order valence-corrected chi connectivity index (χ1v) is 7.80. The highest BCUT2D eigenvalue weighted by atomic mass is 16.2. The fraction of sp³-hybridized carbons (Fsp3) is 0.278. The molecule has 0 spiro atoms. The van der Waals surface area contributed by atoms with Crippen LogP contribution in [0.5, 0.6) is 0 Å². The second kappa shape index (κ2) is 5.96. The molecule has 2 heterocycles. The van der Waals surface area contributed by atoms with E-state index in [1.54, 1.807) is 22.6 Å². The summed E-state index contributed by atoms with van der Waals surface area (Å²) in [5.41, 5.74) is 3.00. The highest BCUT2D eigenvalue weighted by Gasteiger charge is 2.21. The summed E-state index contributed by atoms with van der Waals surface area (Å²) in [5.74, 6) is -0.174. The third kappa shape index (κ3) is 3.22. The van der Waals surface area contributed by atoms with Crippen molar-refractivity contribution in [3.8, 4) is 5.69 Å². The number of nitrogens with one attached hydrogen (secondary N) is 1. The summed E-state index contributed by atoms with van der Waals surface area (Å²) in [6.07, 6.45) is 3.60. The molecule has 3 rings (SSSR count). The van der Waals surface area contributed by atoms with Gasteiger partial charge in [0, 0.05) is 30.5 Å². The van der Waals surface area contributed by atoms with Crippen LogP contribution in [-0.4, -0.2) is 25.5 Å². The second-order valence-electron chi connectivity index (χ2n) is 6.74. The maximum atomic E-state index is 12.5. The minimum Gasteiger partial charge on any atom is -0.321 e. The zero-order chi connectivity index (χ0) is 17.3. The zero-order valence-corrected chi connectivity index (χ0v) is 14.3. The largest absolute Gasteiger partial charge is 0.321 e. The van der Waals surface area contributed by atoms with Crippen molar-refractivity contribution in [2.24, 2.45) is 7.05 Å². The van der Waals surface area contributed by atoms with Gasteiger partial charge in [-0.3, -0.25) is 9.48 Å². The van der Waals surface area contributed by atoms with Gasteiger partial charge >= 0.3 is 0 Å². The maximum Gasteiger partial charge on any atom is 0.273 e. The lowest BCUT2D eigenvalue weighted by Crippen LogP contribution is -2.16. The van der Waals surface area contributed by atoms with Gasteiger partial charge in [-0.2, -0.15) is 10.2 Å². The van der Waals surface area contributed by atoms with Gasteiger partial charge in [0.25, 0.3) is 5.91 Å². The lowest BCUT2D eigenvalue weighted by Gasteiger charge is -2.13. The van der Waals surface area contributed by atoms with Gasteiger partial charge in [0.2, 0.25) is 0 Å². The molecule has 2 aromatic heterocycles. The minimum atomic E-state index is -0.174. The predicted molar refractivity (Wildman–Crippen MR) is 93.4 cm³/mol. The Balaban J connectivity index is 1.77. The molecule has 24 heavy (non-hydrogen) atoms. The molecule has 6 nitrogen and oxygen atoms in total. The van der Waals surface area contributed by atoms with E-state index in [1.807, 2.05) is 42.6 Å². The molecule has 0 saturated heterocycles. The van der Waals surface area contributed by atoms with Crippen molar-refractivity contribution in [2.75, 3.05) is 5.32 Å². The molecule has 3 aromatic rings. The average molecular weight is 323 g/mol. The van der Waals surface area contributed by atoms with Crippen LogP contribution in [0.3, 0.4) is 0 Å². The Bertz CT molecular complexity index is 839. The van der Waals surface area contributed by atoms with E-state index in [0.29, 0.717) is 5.69 Å². The molecular weight excluding hydrogens is 302 g/mol. The standard InChI is InChI=1S/C18H21N5O/c1-18(2,3)16-12-15(22(4)21-16)17(24)20-13-6-8-14(9-7-13)23-11-5-10-19-23/h5-12H,1-4H3,(H,20,24). The van der Waals surface area contributed by atoms with Crippen LogP contribution < -0.4 is 5.32 Å². The minimum absolute atomic E-state index is 0.0955. The van der Waals surface area contributed by atoms with E-state index in [9.17, 15) is 4.79 Å². The van der Waals surface area contributed by atoms with Crippen molar-refractivity contribution in [3.63, 3.8) is 0 Å². The van der Waals surface area contributed by atoms with Gasteiger partial charge in [0.05, 0.1) is 11.4 Å².